The summed E-state index contributed by atoms with van der Waals surface area (Å²) >= 11 is 0. The molecule has 1 amide bonds. The number of rotatable bonds is 3. The molecule has 0 aromatic heterocycles. The number of hydrogen-bond donors (Lipinski definition) is 0. The van der Waals surface area contributed by atoms with Gasteiger partial charge in [0.05, 0.1) is 12.1 Å². The summed E-state index contributed by atoms with van der Waals surface area (Å²) in [7, 11) is 0. The highest BCUT2D eigenvalue weighted by molar-refractivity contribution is 5.95. The van der Waals surface area contributed by atoms with E-state index in [2.05, 4.69) is 36.9 Å². The first-order valence-electron chi connectivity index (χ1n) is 9.93. The Morgan fingerprint density at radius 3 is 2.61 bits per heavy atom. The third kappa shape index (κ3) is 3.82. The van der Waals surface area contributed by atoms with Gasteiger partial charge in [-0.05, 0) is 68.1 Å². The first-order valence-corrected chi connectivity index (χ1v) is 9.93. The minimum absolute atomic E-state index is 0.0494. The monoisotopic (exact) mass is 382 g/mol. The molecule has 2 aliphatic heterocycles. The van der Waals surface area contributed by atoms with Crippen molar-refractivity contribution in [3.8, 4) is 0 Å². The van der Waals surface area contributed by atoms with Crippen molar-refractivity contribution in [3.63, 3.8) is 0 Å². The molecular formula is C23H27FN2O2. The second-order valence-corrected chi connectivity index (χ2v) is 8.12. The molecule has 0 bridgehead atoms. The summed E-state index contributed by atoms with van der Waals surface area (Å²) in [6.07, 6.45) is 1.94. The van der Waals surface area contributed by atoms with Crippen LogP contribution in [-0.4, -0.2) is 42.6 Å². The van der Waals surface area contributed by atoms with E-state index in [0.717, 1.165) is 32.5 Å². The lowest BCUT2D eigenvalue weighted by Gasteiger charge is -2.48. The van der Waals surface area contributed by atoms with Crippen LogP contribution >= 0.6 is 0 Å². The number of benzene rings is 2. The van der Waals surface area contributed by atoms with E-state index < -0.39 is 5.60 Å². The molecule has 28 heavy (non-hydrogen) atoms. The molecule has 2 saturated heterocycles. The van der Waals surface area contributed by atoms with Gasteiger partial charge in [-0.1, -0.05) is 24.3 Å². The van der Waals surface area contributed by atoms with Crippen LogP contribution in [-0.2, 0) is 16.1 Å². The summed E-state index contributed by atoms with van der Waals surface area (Å²) in [6.45, 7) is 7.52. The van der Waals surface area contributed by atoms with Gasteiger partial charge in [-0.15, -0.1) is 0 Å². The summed E-state index contributed by atoms with van der Waals surface area (Å²) in [5.41, 5.74) is 4.20. The van der Waals surface area contributed by atoms with E-state index in [4.69, 9.17) is 4.74 Å². The van der Waals surface area contributed by atoms with Gasteiger partial charge in [0.15, 0.2) is 0 Å². The molecule has 2 fully saturated rings. The van der Waals surface area contributed by atoms with Gasteiger partial charge in [0, 0.05) is 18.8 Å². The van der Waals surface area contributed by atoms with Crippen molar-refractivity contribution in [2.24, 2.45) is 0 Å². The second-order valence-electron chi connectivity index (χ2n) is 8.12. The van der Waals surface area contributed by atoms with Crippen LogP contribution < -0.4 is 4.90 Å². The zero-order valence-electron chi connectivity index (χ0n) is 16.6. The minimum atomic E-state index is -0.394. The second kappa shape index (κ2) is 7.64. The molecule has 5 heteroatoms. The lowest BCUT2D eigenvalue weighted by molar-refractivity contribution is -0.146. The highest BCUT2D eigenvalue weighted by atomic mass is 19.1. The van der Waals surface area contributed by atoms with Crippen LogP contribution in [0.3, 0.4) is 0 Å². The summed E-state index contributed by atoms with van der Waals surface area (Å²) in [4.78, 5) is 16.6. The predicted molar refractivity (Wildman–Crippen MR) is 108 cm³/mol. The SMILES string of the molecule is Cc1cccc(C)c1CN1CCCC2(C1)CN(c1cccc(F)c1)C(=O)CO2. The lowest BCUT2D eigenvalue weighted by atomic mass is 9.89. The van der Waals surface area contributed by atoms with Crippen LogP contribution in [0.5, 0.6) is 0 Å². The Morgan fingerprint density at radius 1 is 1.11 bits per heavy atom. The van der Waals surface area contributed by atoms with Crippen LogP contribution in [0.2, 0.25) is 0 Å². The maximum atomic E-state index is 13.7. The maximum absolute atomic E-state index is 13.7. The van der Waals surface area contributed by atoms with Crippen molar-refractivity contribution in [2.75, 3.05) is 31.1 Å². The first kappa shape index (κ1) is 19.1. The molecule has 148 valence electrons. The summed E-state index contributed by atoms with van der Waals surface area (Å²) < 4.78 is 19.8. The van der Waals surface area contributed by atoms with Gasteiger partial charge >= 0.3 is 0 Å². The molecule has 1 spiro atoms. The maximum Gasteiger partial charge on any atom is 0.253 e. The van der Waals surface area contributed by atoms with Crippen LogP contribution in [0.1, 0.15) is 29.5 Å². The van der Waals surface area contributed by atoms with Gasteiger partial charge in [0.25, 0.3) is 5.91 Å². The molecule has 2 aromatic rings. The highest BCUT2D eigenvalue weighted by Gasteiger charge is 2.43. The predicted octanol–water partition coefficient (Wildman–Crippen LogP) is 3.84. The third-order valence-corrected chi connectivity index (χ3v) is 6.01. The average Bonchev–Trinajstić information content (AvgIpc) is 2.67. The Morgan fingerprint density at radius 2 is 1.86 bits per heavy atom. The minimum Gasteiger partial charge on any atom is -0.362 e. The van der Waals surface area contributed by atoms with Crippen molar-refractivity contribution in [2.45, 2.75) is 38.8 Å². The number of morpholine rings is 1. The molecular weight excluding hydrogens is 355 g/mol. The Kier molecular flexibility index (Phi) is 5.21. The number of piperidine rings is 1. The van der Waals surface area contributed by atoms with Gasteiger partial charge in [0.1, 0.15) is 12.4 Å². The van der Waals surface area contributed by atoms with Crippen molar-refractivity contribution in [1.82, 2.24) is 4.90 Å². The largest absolute Gasteiger partial charge is 0.362 e. The molecule has 2 aromatic carbocycles. The van der Waals surface area contributed by atoms with Crippen molar-refractivity contribution >= 4 is 11.6 Å². The average molecular weight is 382 g/mol. The first-order chi connectivity index (χ1) is 13.5. The van der Waals surface area contributed by atoms with Gasteiger partial charge in [0.2, 0.25) is 0 Å². The summed E-state index contributed by atoms with van der Waals surface area (Å²) in [5, 5.41) is 0. The number of nitrogens with zero attached hydrogens (tertiary/aromatic N) is 2. The van der Waals surface area contributed by atoms with E-state index in [0.29, 0.717) is 12.2 Å². The number of anilines is 1. The zero-order valence-corrected chi connectivity index (χ0v) is 16.6. The number of ether oxygens (including phenoxy) is 1. The number of halogens is 1. The molecule has 0 saturated carbocycles. The molecule has 0 N–H and O–H groups in total. The number of hydrogen-bond acceptors (Lipinski definition) is 3. The number of carbonyl (C=O) groups excluding carboxylic acids is 1. The van der Waals surface area contributed by atoms with E-state index in [1.807, 2.05) is 0 Å². The molecule has 4 rings (SSSR count). The van der Waals surface area contributed by atoms with Crippen LogP contribution in [0.15, 0.2) is 42.5 Å². The zero-order chi connectivity index (χ0) is 19.7. The van der Waals surface area contributed by atoms with E-state index in [9.17, 15) is 9.18 Å². The quantitative estimate of drug-likeness (QED) is 0.809. The summed E-state index contributed by atoms with van der Waals surface area (Å²) in [5.74, 6) is -0.436. The highest BCUT2D eigenvalue weighted by Crippen LogP contribution is 2.33. The Labute approximate surface area is 165 Å². The standard InChI is InChI=1S/C23H27FN2O2/c1-17-6-3-7-18(2)21(17)13-25-11-5-10-23(15-25)16-26(22(27)14-28-23)20-9-4-8-19(24)12-20/h3-4,6-9,12H,5,10-11,13-16H2,1-2H3. The van der Waals surface area contributed by atoms with Crippen LogP contribution in [0.4, 0.5) is 10.1 Å². The lowest BCUT2D eigenvalue weighted by Crippen LogP contribution is -2.61. The van der Waals surface area contributed by atoms with E-state index >= 15 is 0 Å². The van der Waals surface area contributed by atoms with E-state index in [1.54, 1.807) is 17.0 Å². The van der Waals surface area contributed by atoms with Crippen molar-refractivity contribution in [3.05, 3.63) is 65.0 Å². The van der Waals surface area contributed by atoms with Crippen LogP contribution in [0.25, 0.3) is 0 Å². The fourth-order valence-corrected chi connectivity index (χ4v) is 4.49. The fraction of sp³-hybridized carbons (Fsp3) is 0.435. The molecule has 2 aliphatic rings. The molecule has 4 nitrogen and oxygen atoms in total. The Hall–Kier alpha value is -2.24. The number of aryl methyl sites for hydroxylation is 2. The van der Waals surface area contributed by atoms with Crippen molar-refractivity contribution in [1.29, 1.82) is 0 Å². The van der Waals surface area contributed by atoms with E-state index in [-0.39, 0.29) is 18.3 Å². The van der Waals surface area contributed by atoms with Crippen LogP contribution in [0, 0.1) is 19.7 Å². The van der Waals surface area contributed by atoms with Gasteiger partial charge < -0.3 is 9.64 Å². The Bertz CT molecular complexity index is 864. The number of carbonyl (C=O) groups is 1. The molecule has 0 aliphatic carbocycles. The van der Waals surface area contributed by atoms with Gasteiger partial charge in [-0.2, -0.15) is 0 Å². The topological polar surface area (TPSA) is 32.8 Å². The fourth-order valence-electron chi connectivity index (χ4n) is 4.49. The Balaban J connectivity index is 1.53. The van der Waals surface area contributed by atoms with Crippen molar-refractivity contribution < 1.29 is 13.9 Å². The summed E-state index contributed by atoms with van der Waals surface area (Å²) in [6, 6.07) is 12.7. The number of amides is 1. The molecule has 2 heterocycles. The third-order valence-electron chi connectivity index (χ3n) is 6.01. The molecule has 0 radical (unpaired) electrons. The molecule has 1 atom stereocenters. The van der Waals surface area contributed by atoms with Gasteiger partial charge in [-0.3, -0.25) is 9.69 Å². The van der Waals surface area contributed by atoms with E-state index in [1.165, 1.54) is 28.8 Å². The normalized spacial score (nSPS) is 23.4. The number of likely N-dealkylation sites (tertiary alicyclic amines) is 1. The smallest absolute Gasteiger partial charge is 0.253 e. The van der Waals surface area contributed by atoms with Gasteiger partial charge in [-0.25, -0.2) is 4.39 Å². The molecule has 1 unspecified atom stereocenters.